The summed E-state index contributed by atoms with van der Waals surface area (Å²) in [6, 6.07) is 0. The Labute approximate surface area is 93.4 Å². The second-order valence-corrected chi connectivity index (χ2v) is 4.84. The van der Waals surface area contributed by atoms with Gasteiger partial charge < -0.3 is 4.74 Å². The van der Waals surface area contributed by atoms with Crippen molar-refractivity contribution in [2.75, 3.05) is 6.61 Å². The third kappa shape index (κ3) is 5.19. The number of rotatable bonds is 6. The molecular formula is C13H24O2. The highest BCUT2D eigenvalue weighted by Crippen LogP contribution is 2.30. The zero-order chi connectivity index (χ0) is 11.1. The Hall–Kier alpha value is -0.530. The van der Waals surface area contributed by atoms with E-state index >= 15 is 0 Å². The smallest absolute Gasteiger partial charge is 0.306 e. The maximum absolute atomic E-state index is 11.2. The zero-order valence-electron chi connectivity index (χ0n) is 10.1. The van der Waals surface area contributed by atoms with Crippen LogP contribution < -0.4 is 0 Å². The van der Waals surface area contributed by atoms with Gasteiger partial charge in [-0.1, -0.05) is 39.0 Å². The van der Waals surface area contributed by atoms with Gasteiger partial charge in [-0.15, -0.1) is 0 Å². The quantitative estimate of drug-likeness (QED) is 0.629. The first-order valence-electron chi connectivity index (χ1n) is 6.38. The molecule has 0 aromatic heterocycles. The van der Waals surface area contributed by atoms with E-state index in [9.17, 15) is 4.79 Å². The number of esters is 1. The molecule has 0 amide bonds. The molecular weight excluding hydrogens is 188 g/mol. The molecule has 0 N–H and O–H groups in total. The minimum Gasteiger partial charge on any atom is -0.466 e. The van der Waals surface area contributed by atoms with Crippen LogP contribution in [0.1, 0.15) is 58.8 Å². The molecule has 1 aliphatic rings. The highest BCUT2D eigenvalue weighted by Gasteiger charge is 2.17. The average molecular weight is 212 g/mol. The van der Waals surface area contributed by atoms with E-state index < -0.39 is 0 Å². The third-order valence-corrected chi connectivity index (χ3v) is 3.36. The summed E-state index contributed by atoms with van der Waals surface area (Å²) in [5.74, 6) is 1.40. The van der Waals surface area contributed by atoms with E-state index in [0.29, 0.717) is 18.9 Å². The molecule has 1 atom stereocenters. The van der Waals surface area contributed by atoms with Gasteiger partial charge in [0.15, 0.2) is 0 Å². The van der Waals surface area contributed by atoms with Crippen LogP contribution in [0, 0.1) is 11.8 Å². The van der Waals surface area contributed by atoms with Gasteiger partial charge >= 0.3 is 5.97 Å². The summed E-state index contributed by atoms with van der Waals surface area (Å²) in [5.41, 5.74) is 0. The molecule has 1 fully saturated rings. The maximum atomic E-state index is 11.2. The van der Waals surface area contributed by atoms with E-state index in [4.69, 9.17) is 4.74 Å². The fraction of sp³-hybridized carbons (Fsp3) is 0.923. The fourth-order valence-corrected chi connectivity index (χ4v) is 2.43. The largest absolute Gasteiger partial charge is 0.466 e. The van der Waals surface area contributed by atoms with Crippen LogP contribution in [-0.2, 0) is 9.53 Å². The summed E-state index contributed by atoms with van der Waals surface area (Å²) < 4.78 is 4.95. The Bertz CT molecular complexity index is 183. The normalized spacial score (nSPS) is 19.1. The van der Waals surface area contributed by atoms with Crippen molar-refractivity contribution in [2.24, 2.45) is 11.8 Å². The molecule has 0 aliphatic heterocycles. The molecule has 1 aliphatic carbocycles. The van der Waals surface area contributed by atoms with Crippen LogP contribution in [0.4, 0.5) is 0 Å². The minimum absolute atomic E-state index is 0.0311. The monoisotopic (exact) mass is 212 g/mol. The Morgan fingerprint density at radius 1 is 1.40 bits per heavy atom. The van der Waals surface area contributed by atoms with Crippen molar-refractivity contribution >= 4 is 5.97 Å². The molecule has 0 aromatic rings. The van der Waals surface area contributed by atoms with E-state index in [1.807, 2.05) is 6.92 Å². The van der Waals surface area contributed by atoms with Crippen molar-refractivity contribution in [3.63, 3.8) is 0 Å². The van der Waals surface area contributed by atoms with Crippen molar-refractivity contribution < 1.29 is 9.53 Å². The number of hydrogen-bond acceptors (Lipinski definition) is 2. The average Bonchev–Trinajstić information content (AvgIpc) is 2.67. The zero-order valence-corrected chi connectivity index (χ0v) is 10.1. The number of carbonyl (C=O) groups is 1. The van der Waals surface area contributed by atoms with Crippen LogP contribution >= 0.6 is 0 Å². The SMILES string of the molecule is CCOC(=O)CC(C)CCC1CCCC1. The summed E-state index contributed by atoms with van der Waals surface area (Å²) in [6.45, 7) is 4.53. The van der Waals surface area contributed by atoms with Gasteiger partial charge in [0.1, 0.15) is 0 Å². The molecule has 0 aromatic carbocycles. The van der Waals surface area contributed by atoms with Crippen LogP contribution in [0.3, 0.4) is 0 Å². The Morgan fingerprint density at radius 3 is 2.67 bits per heavy atom. The summed E-state index contributed by atoms with van der Waals surface area (Å²) in [6.07, 6.45) is 8.73. The first-order chi connectivity index (χ1) is 7.22. The van der Waals surface area contributed by atoms with Crippen molar-refractivity contribution in [1.82, 2.24) is 0 Å². The molecule has 0 saturated heterocycles. The summed E-state index contributed by atoms with van der Waals surface area (Å²) in [7, 11) is 0. The second kappa shape index (κ2) is 6.86. The topological polar surface area (TPSA) is 26.3 Å². The summed E-state index contributed by atoms with van der Waals surface area (Å²) >= 11 is 0. The first-order valence-corrected chi connectivity index (χ1v) is 6.38. The molecule has 1 saturated carbocycles. The lowest BCUT2D eigenvalue weighted by molar-refractivity contribution is -0.144. The molecule has 88 valence electrons. The Morgan fingerprint density at radius 2 is 2.07 bits per heavy atom. The molecule has 0 heterocycles. The van der Waals surface area contributed by atoms with E-state index in [2.05, 4.69) is 6.92 Å². The van der Waals surface area contributed by atoms with Gasteiger partial charge in [-0.05, 0) is 25.2 Å². The highest BCUT2D eigenvalue weighted by atomic mass is 16.5. The predicted octanol–water partition coefficient (Wildman–Crippen LogP) is 3.55. The molecule has 0 radical (unpaired) electrons. The van der Waals surface area contributed by atoms with E-state index in [1.165, 1.54) is 38.5 Å². The van der Waals surface area contributed by atoms with Crippen molar-refractivity contribution in [1.29, 1.82) is 0 Å². The number of hydrogen-bond donors (Lipinski definition) is 0. The van der Waals surface area contributed by atoms with Crippen LogP contribution in [0.5, 0.6) is 0 Å². The standard InChI is InChI=1S/C13H24O2/c1-3-15-13(14)10-11(2)8-9-12-6-4-5-7-12/h11-12H,3-10H2,1-2H3. The van der Waals surface area contributed by atoms with Gasteiger partial charge in [0, 0.05) is 6.42 Å². The summed E-state index contributed by atoms with van der Waals surface area (Å²) in [4.78, 5) is 11.2. The Balaban J connectivity index is 2.06. The molecule has 0 bridgehead atoms. The fourth-order valence-electron chi connectivity index (χ4n) is 2.43. The molecule has 2 heteroatoms. The van der Waals surface area contributed by atoms with E-state index in [0.717, 1.165) is 5.92 Å². The lowest BCUT2D eigenvalue weighted by Gasteiger charge is -2.13. The lowest BCUT2D eigenvalue weighted by atomic mass is 9.94. The third-order valence-electron chi connectivity index (χ3n) is 3.36. The maximum Gasteiger partial charge on any atom is 0.306 e. The van der Waals surface area contributed by atoms with Gasteiger partial charge in [0.25, 0.3) is 0 Å². The van der Waals surface area contributed by atoms with Crippen LogP contribution in [0.25, 0.3) is 0 Å². The van der Waals surface area contributed by atoms with Crippen LogP contribution in [-0.4, -0.2) is 12.6 Å². The van der Waals surface area contributed by atoms with Gasteiger partial charge in [0.2, 0.25) is 0 Å². The summed E-state index contributed by atoms with van der Waals surface area (Å²) in [5, 5.41) is 0. The van der Waals surface area contributed by atoms with Gasteiger partial charge in [-0.25, -0.2) is 0 Å². The van der Waals surface area contributed by atoms with Crippen molar-refractivity contribution in [3.8, 4) is 0 Å². The van der Waals surface area contributed by atoms with Gasteiger partial charge in [0.05, 0.1) is 6.61 Å². The second-order valence-electron chi connectivity index (χ2n) is 4.84. The number of carbonyl (C=O) groups excluding carboxylic acids is 1. The van der Waals surface area contributed by atoms with Gasteiger partial charge in [-0.2, -0.15) is 0 Å². The first kappa shape index (κ1) is 12.5. The predicted molar refractivity (Wildman–Crippen MR) is 61.6 cm³/mol. The molecule has 1 rings (SSSR count). The van der Waals surface area contributed by atoms with E-state index in [-0.39, 0.29) is 5.97 Å². The van der Waals surface area contributed by atoms with Crippen LogP contribution in [0.2, 0.25) is 0 Å². The van der Waals surface area contributed by atoms with Crippen molar-refractivity contribution in [2.45, 2.75) is 58.8 Å². The van der Waals surface area contributed by atoms with Gasteiger partial charge in [-0.3, -0.25) is 4.79 Å². The van der Waals surface area contributed by atoms with E-state index in [1.54, 1.807) is 0 Å². The molecule has 1 unspecified atom stereocenters. The minimum atomic E-state index is -0.0311. The van der Waals surface area contributed by atoms with Crippen LogP contribution in [0.15, 0.2) is 0 Å². The molecule has 2 nitrogen and oxygen atoms in total. The Kier molecular flexibility index (Phi) is 5.74. The molecule has 15 heavy (non-hydrogen) atoms. The highest BCUT2D eigenvalue weighted by molar-refractivity contribution is 5.69. The number of ether oxygens (including phenoxy) is 1. The molecule has 0 spiro atoms. The van der Waals surface area contributed by atoms with Crippen molar-refractivity contribution in [3.05, 3.63) is 0 Å². The lowest BCUT2D eigenvalue weighted by Crippen LogP contribution is -2.10.